The summed E-state index contributed by atoms with van der Waals surface area (Å²) >= 11 is 0. The fourth-order valence-corrected chi connectivity index (χ4v) is 4.23. The van der Waals surface area contributed by atoms with Gasteiger partial charge < -0.3 is 20.1 Å². The molecule has 3 atom stereocenters. The van der Waals surface area contributed by atoms with E-state index in [1.54, 1.807) is 18.3 Å². The van der Waals surface area contributed by atoms with E-state index in [1.807, 2.05) is 0 Å². The van der Waals surface area contributed by atoms with Gasteiger partial charge in [-0.05, 0) is 37.7 Å². The molecule has 6 rings (SSSR count). The molecule has 0 radical (unpaired) electrons. The lowest BCUT2D eigenvalue weighted by atomic mass is 9.81. The maximum absolute atomic E-state index is 14.9. The van der Waals surface area contributed by atoms with E-state index in [-0.39, 0.29) is 36.3 Å². The van der Waals surface area contributed by atoms with E-state index in [4.69, 9.17) is 9.47 Å². The number of nitrogens with one attached hydrogen (secondary N) is 3. The molecule has 1 unspecified atom stereocenters. The number of ether oxygens (including phenoxy) is 2. The highest BCUT2D eigenvalue weighted by Gasteiger charge is 2.41. The van der Waals surface area contributed by atoms with Crippen LogP contribution in [0.1, 0.15) is 37.3 Å². The van der Waals surface area contributed by atoms with Gasteiger partial charge in [0.15, 0.2) is 11.6 Å². The summed E-state index contributed by atoms with van der Waals surface area (Å²) in [4.78, 5) is 16.3. The van der Waals surface area contributed by atoms with Crippen LogP contribution in [-0.2, 0) is 4.74 Å². The van der Waals surface area contributed by atoms with Crippen molar-refractivity contribution in [2.45, 2.75) is 49.9 Å². The van der Waals surface area contributed by atoms with Crippen LogP contribution in [0.4, 0.5) is 25.1 Å². The molecule has 8 bridgehead atoms. The zero-order valence-electron chi connectivity index (χ0n) is 15.5. The normalized spacial score (nSPS) is 31.2. The molecule has 10 heteroatoms. The molecule has 2 aliphatic heterocycles. The first kappa shape index (κ1) is 18.1. The molecule has 2 aliphatic carbocycles. The van der Waals surface area contributed by atoms with Crippen LogP contribution in [0.25, 0.3) is 0 Å². The number of anilines is 2. The topological polar surface area (TPSA) is 101 Å². The molecule has 2 fully saturated rings. The number of nitrogens with zero attached hydrogens (tertiary/aromatic N) is 2. The average molecular weight is 405 g/mol. The third kappa shape index (κ3) is 3.58. The van der Waals surface area contributed by atoms with Gasteiger partial charge in [-0.2, -0.15) is 5.10 Å². The Balaban J connectivity index is 1.42. The first-order chi connectivity index (χ1) is 14.0. The van der Waals surface area contributed by atoms with Gasteiger partial charge in [0.05, 0.1) is 12.3 Å². The highest BCUT2D eigenvalue weighted by molar-refractivity contribution is 5.68. The Bertz CT molecular complexity index is 917. The van der Waals surface area contributed by atoms with Gasteiger partial charge >= 0.3 is 6.09 Å². The molecule has 0 spiro atoms. The number of H-pyrrole nitrogens is 1. The number of rotatable bonds is 0. The van der Waals surface area contributed by atoms with Gasteiger partial charge in [-0.25, -0.2) is 18.6 Å². The largest absolute Gasteiger partial charge is 0.477 e. The number of pyridine rings is 1. The second-order valence-electron chi connectivity index (χ2n) is 7.93. The van der Waals surface area contributed by atoms with E-state index < -0.39 is 30.1 Å². The van der Waals surface area contributed by atoms with E-state index in [0.717, 1.165) is 12.8 Å². The number of amides is 1. The summed E-state index contributed by atoms with van der Waals surface area (Å²) < 4.78 is 40.3. The number of hydrogen-bond acceptors (Lipinski definition) is 6. The van der Waals surface area contributed by atoms with E-state index in [2.05, 4.69) is 25.8 Å². The van der Waals surface area contributed by atoms with Crippen LogP contribution in [0, 0.1) is 11.7 Å². The van der Waals surface area contributed by atoms with Crippen molar-refractivity contribution in [3.63, 3.8) is 0 Å². The molecule has 2 aromatic rings. The third-order valence-electron chi connectivity index (χ3n) is 5.85. The molecule has 154 valence electrons. The number of halogens is 2. The van der Waals surface area contributed by atoms with Gasteiger partial charge in [0, 0.05) is 29.9 Å². The maximum Gasteiger partial charge on any atom is 0.407 e. The van der Waals surface area contributed by atoms with Crippen LogP contribution in [-0.4, -0.2) is 46.2 Å². The average Bonchev–Trinajstić information content (AvgIpc) is 3.19. The molecule has 4 heterocycles. The number of carbonyl (C=O) groups excluding carboxylic acids is 1. The molecule has 3 N–H and O–H groups in total. The number of carbonyl (C=O) groups is 1. The number of alkyl halides is 1. The first-order valence-corrected chi connectivity index (χ1v) is 9.76. The maximum atomic E-state index is 14.9. The van der Waals surface area contributed by atoms with E-state index in [1.165, 1.54) is 0 Å². The van der Waals surface area contributed by atoms with E-state index >= 15 is 0 Å². The first-order valence-electron chi connectivity index (χ1n) is 9.76. The molecule has 8 nitrogen and oxygen atoms in total. The van der Waals surface area contributed by atoms with Crippen molar-refractivity contribution in [2.75, 3.05) is 11.9 Å². The fraction of sp³-hybridized carbons (Fsp3) is 0.526. The van der Waals surface area contributed by atoms with Crippen molar-refractivity contribution >= 4 is 17.6 Å². The van der Waals surface area contributed by atoms with Crippen molar-refractivity contribution in [1.29, 1.82) is 0 Å². The lowest BCUT2D eigenvalue weighted by molar-refractivity contribution is 0.0508. The monoisotopic (exact) mass is 405 g/mol. The lowest BCUT2D eigenvalue weighted by Crippen LogP contribution is -2.47. The lowest BCUT2D eigenvalue weighted by Gasteiger charge is -2.35. The molecular formula is C19H21F2N5O3. The molecule has 0 aromatic carbocycles. The van der Waals surface area contributed by atoms with Gasteiger partial charge in [-0.15, -0.1) is 0 Å². The SMILES string of the molecule is O=C1NC2CC(COc3cc(ccn3)Nc3n[nH]c(c3F)C3C[C@@H](F)[C@H](C3)O1)C2. The second kappa shape index (κ2) is 7.16. The molecule has 2 saturated carbocycles. The van der Waals surface area contributed by atoms with Crippen molar-refractivity contribution in [1.82, 2.24) is 20.5 Å². The number of aromatic nitrogens is 3. The Kier molecular flexibility index (Phi) is 4.48. The predicted octanol–water partition coefficient (Wildman–Crippen LogP) is 3.17. The van der Waals surface area contributed by atoms with Crippen LogP contribution < -0.4 is 15.4 Å². The molecule has 4 aliphatic rings. The summed E-state index contributed by atoms with van der Waals surface area (Å²) in [5.41, 5.74) is 0.790. The number of hydrogen-bond donors (Lipinski definition) is 3. The molecular weight excluding hydrogens is 384 g/mol. The van der Waals surface area contributed by atoms with Crippen molar-refractivity contribution in [2.24, 2.45) is 5.92 Å². The van der Waals surface area contributed by atoms with Crippen molar-refractivity contribution in [3.05, 3.63) is 29.8 Å². The fourth-order valence-electron chi connectivity index (χ4n) is 4.23. The van der Waals surface area contributed by atoms with Crippen LogP contribution in [0.15, 0.2) is 18.3 Å². The third-order valence-corrected chi connectivity index (χ3v) is 5.85. The van der Waals surface area contributed by atoms with Gasteiger partial charge in [-0.3, -0.25) is 5.10 Å². The summed E-state index contributed by atoms with van der Waals surface area (Å²) in [6, 6.07) is 3.34. The Morgan fingerprint density at radius 3 is 2.93 bits per heavy atom. The Labute approximate surface area is 165 Å². The van der Waals surface area contributed by atoms with E-state index in [0.29, 0.717) is 18.2 Å². The minimum atomic E-state index is -1.35. The Hall–Kier alpha value is -2.91. The zero-order chi connectivity index (χ0) is 20.0. The van der Waals surface area contributed by atoms with Gasteiger partial charge in [0.2, 0.25) is 5.88 Å². The van der Waals surface area contributed by atoms with Crippen molar-refractivity contribution < 1.29 is 23.0 Å². The standard InChI is InChI=1S/C19H21F2N5O3/c20-13-5-10-6-14(13)29-19(27)24-12-3-9(4-12)8-28-15-7-11(1-2-22-15)23-18-16(21)17(10)25-26-18/h1-2,7,9-10,12-14H,3-6,8H2,(H,24,27)(H2,23,25,26)/t9?,10?,12?,13-,14+/m1/s1. The molecule has 0 saturated heterocycles. The summed E-state index contributed by atoms with van der Waals surface area (Å²) in [7, 11) is 0. The summed E-state index contributed by atoms with van der Waals surface area (Å²) in [5.74, 6) is -0.309. The summed E-state index contributed by atoms with van der Waals surface area (Å²) in [5, 5.41) is 12.3. The molecule has 29 heavy (non-hydrogen) atoms. The molecule has 2 aromatic heterocycles. The van der Waals surface area contributed by atoms with Crippen LogP contribution in [0.3, 0.4) is 0 Å². The summed E-state index contributed by atoms with van der Waals surface area (Å²) in [6.07, 6.45) is 0.472. The predicted molar refractivity (Wildman–Crippen MR) is 98.3 cm³/mol. The van der Waals surface area contributed by atoms with Crippen molar-refractivity contribution in [3.8, 4) is 5.88 Å². The van der Waals surface area contributed by atoms with Crippen LogP contribution in [0.5, 0.6) is 5.88 Å². The number of fused-ring (bicyclic) bond motifs is 3. The van der Waals surface area contributed by atoms with Gasteiger partial charge in [0.25, 0.3) is 0 Å². The minimum absolute atomic E-state index is 0.0117. The highest BCUT2D eigenvalue weighted by atomic mass is 19.1. The number of alkyl carbamates (subject to hydrolysis) is 1. The Morgan fingerprint density at radius 1 is 1.21 bits per heavy atom. The quantitative estimate of drug-likeness (QED) is 0.622. The molecule has 1 amide bonds. The minimum Gasteiger partial charge on any atom is -0.477 e. The second-order valence-corrected chi connectivity index (χ2v) is 7.93. The van der Waals surface area contributed by atoms with E-state index in [9.17, 15) is 13.6 Å². The van der Waals surface area contributed by atoms with Crippen LogP contribution >= 0.6 is 0 Å². The smallest absolute Gasteiger partial charge is 0.407 e. The Morgan fingerprint density at radius 2 is 2.07 bits per heavy atom. The zero-order valence-corrected chi connectivity index (χ0v) is 15.5. The van der Waals surface area contributed by atoms with Gasteiger partial charge in [0.1, 0.15) is 12.3 Å². The van der Waals surface area contributed by atoms with Gasteiger partial charge in [-0.1, -0.05) is 0 Å². The highest BCUT2D eigenvalue weighted by Crippen LogP contribution is 2.40. The van der Waals surface area contributed by atoms with Crippen LogP contribution in [0.2, 0.25) is 0 Å². The summed E-state index contributed by atoms with van der Waals surface area (Å²) in [6.45, 7) is 0.460. The number of aromatic amines is 1.